The van der Waals surface area contributed by atoms with Crippen LogP contribution in [0.1, 0.15) is 20.3 Å². The van der Waals surface area contributed by atoms with Crippen LogP contribution in [-0.2, 0) is 4.79 Å². The third kappa shape index (κ3) is 3.37. The molecule has 0 bridgehead atoms. The molecular formula is C13H18N2O4. The van der Waals surface area contributed by atoms with Crippen LogP contribution in [0.15, 0.2) is 24.3 Å². The molecule has 0 spiro atoms. The van der Waals surface area contributed by atoms with Gasteiger partial charge in [-0.1, -0.05) is 6.92 Å². The molecule has 19 heavy (non-hydrogen) atoms. The van der Waals surface area contributed by atoms with Gasteiger partial charge in [0.25, 0.3) is 0 Å². The third-order valence-corrected chi connectivity index (χ3v) is 3.10. The standard InChI is InChI=1S/C13H18N2O4/c1-4-13(2,11(17)18)14-12(19)15(3)9-5-7-10(16)8-6-9/h5-8,16H,4H2,1-3H3,(H,14,19)(H,17,18). The number of aliphatic carboxylic acids is 1. The molecule has 6 nitrogen and oxygen atoms in total. The summed E-state index contributed by atoms with van der Waals surface area (Å²) >= 11 is 0. The monoisotopic (exact) mass is 266 g/mol. The average molecular weight is 266 g/mol. The zero-order valence-corrected chi connectivity index (χ0v) is 11.2. The summed E-state index contributed by atoms with van der Waals surface area (Å²) in [7, 11) is 1.53. The molecule has 0 aliphatic heterocycles. The molecule has 0 heterocycles. The number of hydrogen-bond donors (Lipinski definition) is 3. The fourth-order valence-electron chi connectivity index (χ4n) is 1.41. The number of carbonyl (C=O) groups excluding carboxylic acids is 1. The number of anilines is 1. The van der Waals surface area contributed by atoms with E-state index in [9.17, 15) is 14.7 Å². The Morgan fingerprint density at radius 2 is 1.84 bits per heavy atom. The van der Waals surface area contributed by atoms with E-state index in [1.54, 1.807) is 19.1 Å². The van der Waals surface area contributed by atoms with Crippen LogP contribution in [0.5, 0.6) is 5.75 Å². The van der Waals surface area contributed by atoms with E-state index < -0.39 is 17.5 Å². The van der Waals surface area contributed by atoms with Crippen LogP contribution in [0, 0.1) is 0 Å². The Kier molecular flexibility index (Phi) is 4.37. The van der Waals surface area contributed by atoms with Crippen LogP contribution in [0.2, 0.25) is 0 Å². The molecule has 0 fully saturated rings. The molecule has 0 radical (unpaired) electrons. The maximum Gasteiger partial charge on any atom is 0.329 e. The molecule has 3 N–H and O–H groups in total. The predicted molar refractivity (Wildman–Crippen MR) is 71.4 cm³/mol. The SMILES string of the molecule is CCC(C)(NC(=O)N(C)c1ccc(O)cc1)C(=O)O. The zero-order chi connectivity index (χ0) is 14.6. The van der Waals surface area contributed by atoms with E-state index in [-0.39, 0.29) is 12.2 Å². The first kappa shape index (κ1) is 14.8. The summed E-state index contributed by atoms with van der Waals surface area (Å²) in [6, 6.07) is 5.53. The molecule has 0 saturated heterocycles. The molecule has 1 aromatic rings. The van der Waals surface area contributed by atoms with E-state index in [0.29, 0.717) is 5.69 Å². The summed E-state index contributed by atoms with van der Waals surface area (Å²) in [6.07, 6.45) is 0.275. The number of benzene rings is 1. The zero-order valence-electron chi connectivity index (χ0n) is 11.2. The minimum atomic E-state index is -1.30. The van der Waals surface area contributed by atoms with Gasteiger partial charge in [0.05, 0.1) is 0 Å². The largest absolute Gasteiger partial charge is 0.508 e. The number of hydrogen-bond acceptors (Lipinski definition) is 3. The minimum absolute atomic E-state index is 0.0986. The third-order valence-electron chi connectivity index (χ3n) is 3.10. The smallest absolute Gasteiger partial charge is 0.329 e. The number of carbonyl (C=O) groups is 2. The number of phenols is 1. The van der Waals surface area contributed by atoms with Crippen molar-refractivity contribution < 1.29 is 19.8 Å². The number of amides is 2. The molecule has 1 unspecified atom stereocenters. The molecule has 0 aliphatic carbocycles. The number of nitrogens with one attached hydrogen (secondary N) is 1. The summed E-state index contributed by atoms with van der Waals surface area (Å²) in [5.74, 6) is -0.982. The maximum absolute atomic E-state index is 12.0. The summed E-state index contributed by atoms with van der Waals surface area (Å²) in [4.78, 5) is 24.4. The van der Waals surface area contributed by atoms with Crippen molar-refractivity contribution in [3.63, 3.8) is 0 Å². The van der Waals surface area contributed by atoms with Gasteiger partial charge in [-0.3, -0.25) is 4.90 Å². The molecule has 1 aromatic carbocycles. The molecule has 6 heteroatoms. The highest BCUT2D eigenvalue weighted by atomic mass is 16.4. The Labute approximate surface area is 111 Å². The van der Waals surface area contributed by atoms with Crippen molar-refractivity contribution in [3.8, 4) is 5.75 Å². The van der Waals surface area contributed by atoms with Crippen LogP contribution in [0.4, 0.5) is 10.5 Å². The quantitative estimate of drug-likeness (QED) is 0.775. The number of urea groups is 1. The van der Waals surface area contributed by atoms with Gasteiger partial charge in [-0.2, -0.15) is 0 Å². The molecule has 0 saturated carbocycles. The van der Waals surface area contributed by atoms with Gasteiger partial charge in [0, 0.05) is 12.7 Å². The molecule has 1 rings (SSSR count). The Bertz CT molecular complexity index is 472. The first-order chi connectivity index (χ1) is 8.80. The van der Waals surface area contributed by atoms with Crippen LogP contribution >= 0.6 is 0 Å². The van der Waals surface area contributed by atoms with Gasteiger partial charge in [-0.05, 0) is 37.6 Å². The van der Waals surface area contributed by atoms with Gasteiger partial charge in [0.1, 0.15) is 11.3 Å². The number of carboxylic acid groups (broad SMARTS) is 1. The lowest BCUT2D eigenvalue weighted by molar-refractivity contribution is -0.143. The van der Waals surface area contributed by atoms with E-state index >= 15 is 0 Å². The van der Waals surface area contributed by atoms with Gasteiger partial charge >= 0.3 is 12.0 Å². The number of carboxylic acids is 1. The highest BCUT2D eigenvalue weighted by Gasteiger charge is 2.33. The molecular weight excluding hydrogens is 248 g/mol. The van der Waals surface area contributed by atoms with Crippen LogP contribution in [0.25, 0.3) is 0 Å². The van der Waals surface area contributed by atoms with E-state index in [2.05, 4.69) is 5.32 Å². The molecule has 0 aromatic heterocycles. The minimum Gasteiger partial charge on any atom is -0.508 e. The molecule has 0 aliphatic rings. The predicted octanol–water partition coefficient (Wildman–Crippen LogP) is 1.79. The summed E-state index contributed by atoms with van der Waals surface area (Å²) in [6.45, 7) is 3.15. The van der Waals surface area contributed by atoms with Gasteiger partial charge < -0.3 is 15.5 Å². The van der Waals surface area contributed by atoms with E-state index in [4.69, 9.17) is 5.11 Å². The normalized spacial score (nSPS) is 13.4. The molecule has 2 amide bonds. The maximum atomic E-state index is 12.0. The lowest BCUT2D eigenvalue weighted by atomic mass is 10.00. The summed E-state index contributed by atoms with van der Waals surface area (Å²) in [5.41, 5.74) is -0.749. The van der Waals surface area contributed by atoms with Gasteiger partial charge in [-0.15, -0.1) is 0 Å². The molecule has 104 valence electrons. The number of phenolic OH excluding ortho intramolecular Hbond substituents is 1. The van der Waals surface area contributed by atoms with E-state index in [1.807, 2.05) is 0 Å². The first-order valence-electron chi connectivity index (χ1n) is 5.88. The average Bonchev–Trinajstić information content (AvgIpc) is 2.38. The Hall–Kier alpha value is -2.24. The van der Waals surface area contributed by atoms with Crippen molar-refractivity contribution in [3.05, 3.63) is 24.3 Å². The summed E-state index contributed by atoms with van der Waals surface area (Å²) in [5, 5.41) is 20.8. The fraction of sp³-hybridized carbons (Fsp3) is 0.385. The Morgan fingerprint density at radius 1 is 1.32 bits per heavy atom. The number of aromatic hydroxyl groups is 1. The van der Waals surface area contributed by atoms with Gasteiger partial charge in [-0.25, -0.2) is 9.59 Å². The second-order valence-corrected chi connectivity index (χ2v) is 4.50. The number of rotatable bonds is 4. The molecule has 1 atom stereocenters. The lowest BCUT2D eigenvalue weighted by Gasteiger charge is -2.28. The second kappa shape index (κ2) is 5.60. The fourth-order valence-corrected chi connectivity index (χ4v) is 1.41. The van der Waals surface area contributed by atoms with Crippen LogP contribution < -0.4 is 10.2 Å². The van der Waals surface area contributed by atoms with Crippen molar-refractivity contribution in [2.75, 3.05) is 11.9 Å². The summed E-state index contributed by atoms with van der Waals surface area (Å²) < 4.78 is 0. The van der Waals surface area contributed by atoms with Gasteiger partial charge in [0.15, 0.2) is 0 Å². The lowest BCUT2D eigenvalue weighted by Crippen LogP contribution is -2.55. The van der Waals surface area contributed by atoms with Crippen molar-refractivity contribution in [1.29, 1.82) is 0 Å². The Morgan fingerprint density at radius 3 is 2.26 bits per heavy atom. The highest BCUT2D eigenvalue weighted by molar-refractivity contribution is 5.95. The van der Waals surface area contributed by atoms with Crippen molar-refractivity contribution >= 4 is 17.7 Å². The topological polar surface area (TPSA) is 89.9 Å². The van der Waals surface area contributed by atoms with Crippen LogP contribution in [-0.4, -0.2) is 34.8 Å². The van der Waals surface area contributed by atoms with Crippen molar-refractivity contribution in [1.82, 2.24) is 5.32 Å². The van der Waals surface area contributed by atoms with Crippen molar-refractivity contribution in [2.45, 2.75) is 25.8 Å². The van der Waals surface area contributed by atoms with Crippen LogP contribution in [0.3, 0.4) is 0 Å². The van der Waals surface area contributed by atoms with Gasteiger partial charge in [0.2, 0.25) is 0 Å². The van der Waals surface area contributed by atoms with Crippen molar-refractivity contribution in [2.24, 2.45) is 0 Å². The van der Waals surface area contributed by atoms with E-state index in [0.717, 1.165) is 0 Å². The highest BCUT2D eigenvalue weighted by Crippen LogP contribution is 2.18. The van der Waals surface area contributed by atoms with E-state index in [1.165, 1.54) is 31.0 Å². The number of nitrogens with zero attached hydrogens (tertiary/aromatic N) is 1. The second-order valence-electron chi connectivity index (χ2n) is 4.50. The first-order valence-corrected chi connectivity index (χ1v) is 5.88. The Balaban J connectivity index is 2.83.